The molecular formula is C11H10ClN3O2S. The summed E-state index contributed by atoms with van der Waals surface area (Å²) in [5.41, 5.74) is 4.91. The maximum Gasteiger partial charge on any atom is 0.286 e. The van der Waals surface area contributed by atoms with E-state index in [1.807, 2.05) is 13.0 Å². The van der Waals surface area contributed by atoms with Gasteiger partial charge in [0, 0.05) is 11.1 Å². The fourth-order valence-electron chi connectivity index (χ4n) is 1.30. The summed E-state index contributed by atoms with van der Waals surface area (Å²) >= 11 is 7.02. The number of halogens is 1. The lowest BCUT2D eigenvalue weighted by atomic mass is 10.4. The lowest BCUT2D eigenvalue weighted by Crippen LogP contribution is -2.41. The number of rotatable bonds is 2. The van der Waals surface area contributed by atoms with Crippen LogP contribution in [0.1, 0.15) is 25.0 Å². The van der Waals surface area contributed by atoms with Crippen LogP contribution in [0.2, 0.25) is 5.02 Å². The molecule has 0 fully saturated rings. The second-order valence-corrected chi connectivity index (χ2v) is 5.27. The van der Waals surface area contributed by atoms with Gasteiger partial charge in [-0.2, -0.15) is 0 Å². The monoisotopic (exact) mass is 283 g/mol. The molecular weight excluding hydrogens is 274 g/mol. The lowest BCUT2D eigenvalue weighted by Gasteiger charge is -2.04. The number of aromatic amines is 1. The SMILES string of the molecule is Cc1ccc(C(=O)NNC(=O)c2cc(Cl)c[nH]2)s1. The minimum absolute atomic E-state index is 0.280. The van der Waals surface area contributed by atoms with Crippen molar-refractivity contribution in [1.82, 2.24) is 15.8 Å². The van der Waals surface area contributed by atoms with Gasteiger partial charge in [-0.25, -0.2) is 0 Å². The van der Waals surface area contributed by atoms with Gasteiger partial charge in [0.15, 0.2) is 0 Å². The van der Waals surface area contributed by atoms with E-state index in [1.165, 1.54) is 23.6 Å². The molecule has 5 nitrogen and oxygen atoms in total. The quantitative estimate of drug-likeness (QED) is 0.739. The van der Waals surface area contributed by atoms with Crippen LogP contribution in [0.15, 0.2) is 24.4 Å². The van der Waals surface area contributed by atoms with Gasteiger partial charge in [-0.3, -0.25) is 20.4 Å². The molecule has 0 saturated carbocycles. The summed E-state index contributed by atoms with van der Waals surface area (Å²) in [4.78, 5) is 27.5. The van der Waals surface area contributed by atoms with Crippen molar-refractivity contribution in [3.63, 3.8) is 0 Å². The molecule has 0 spiro atoms. The molecule has 0 unspecified atom stereocenters. The van der Waals surface area contributed by atoms with E-state index in [0.717, 1.165) is 4.88 Å². The van der Waals surface area contributed by atoms with Crippen molar-refractivity contribution in [3.8, 4) is 0 Å². The first-order valence-electron chi connectivity index (χ1n) is 5.07. The molecule has 2 rings (SSSR count). The number of aromatic nitrogens is 1. The number of H-pyrrole nitrogens is 1. The van der Waals surface area contributed by atoms with Crippen molar-refractivity contribution < 1.29 is 9.59 Å². The van der Waals surface area contributed by atoms with E-state index >= 15 is 0 Å². The maximum absolute atomic E-state index is 11.6. The standard InChI is InChI=1S/C11H10ClN3O2S/c1-6-2-3-9(18-6)11(17)15-14-10(16)8-4-7(12)5-13-8/h2-5,13H,1H3,(H,14,16)(H,15,17). The van der Waals surface area contributed by atoms with Crippen LogP contribution >= 0.6 is 22.9 Å². The molecule has 0 aliphatic carbocycles. The molecule has 0 saturated heterocycles. The Morgan fingerprint density at radius 1 is 1.28 bits per heavy atom. The summed E-state index contributed by atoms with van der Waals surface area (Å²) in [6.07, 6.45) is 1.49. The summed E-state index contributed by atoms with van der Waals surface area (Å²) in [5.74, 6) is -0.803. The first-order chi connectivity index (χ1) is 8.56. The van der Waals surface area contributed by atoms with E-state index in [9.17, 15) is 9.59 Å². The van der Waals surface area contributed by atoms with E-state index in [2.05, 4.69) is 15.8 Å². The Hall–Kier alpha value is -1.79. The highest BCUT2D eigenvalue weighted by Crippen LogP contribution is 2.14. The number of hydrogen-bond acceptors (Lipinski definition) is 3. The number of hydrazine groups is 1. The van der Waals surface area contributed by atoms with E-state index in [-0.39, 0.29) is 11.6 Å². The largest absolute Gasteiger partial charge is 0.356 e. The fraction of sp³-hybridized carbons (Fsp3) is 0.0909. The van der Waals surface area contributed by atoms with Gasteiger partial charge in [0.05, 0.1) is 9.90 Å². The minimum Gasteiger partial charge on any atom is -0.356 e. The summed E-state index contributed by atoms with van der Waals surface area (Å²) in [6, 6.07) is 5.01. The average Bonchev–Trinajstić information content (AvgIpc) is 2.94. The zero-order valence-corrected chi connectivity index (χ0v) is 11.0. The van der Waals surface area contributed by atoms with Crippen LogP contribution < -0.4 is 10.9 Å². The zero-order chi connectivity index (χ0) is 13.1. The van der Waals surface area contributed by atoms with Gasteiger partial charge in [0.2, 0.25) is 0 Å². The second kappa shape index (κ2) is 5.24. The number of aryl methyl sites for hydroxylation is 1. The highest BCUT2D eigenvalue weighted by Gasteiger charge is 2.11. The van der Waals surface area contributed by atoms with Gasteiger partial charge >= 0.3 is 0 Å². The molecule has 0 aromatic carbocycles. The fourth-order valence-corrected chi connectivity index (χ4v) is 2.22. The molecule has 7 heteroatoms. The summed E-state index contributed by atoms with van der Waals surface area (Å²) in [7, 11) is 0. The molecule has 94 valence electrons. The Morgan fingerprint density at radius 2 is 2.00 bits per heavy atom. The molecule has 0 atom stereocenters. The molecule has 2 aromatic rings. The predicted octanol–water partition coefficient (Wildman–Crippen LogP) is 2.11. The molecule has 0 bridgehead atoms. The van der Waals surface area contributed by atoms with E-state index in [1.54, 1.807) is 6.07 Å². The van der Waals surface area contributed by atoms with Crippen LogP contribution in [-0.2, 0) is 0 Å². The van der Waals surface area contributed by atoms with Gasteiger partial charge in [-0.1, -0.05) is 11.6 Å². The topological polar surface area (TPSA) is 74.0 Å². The van der Waals surface area contributed by atoms with Gasteiger partial charge in [0.1, 0.15) is 5.69 Å². The second-order valence-electron chi connectivity index (χ2n) is 3.55. The Kier molecular flexibility index (Phi) is 3.69. The van der Waals surface area contributed by atoms with Crippen molar-refractivity contribution in [2.45, 2.75) is 6.92 Å². The van der Waals surface area contributed by atoms with Gasteiger partial charge in [-0.15, -0.1) is 11.3 Å². The third-order valence-corrected chi connectivity index (χ3v) is 3.36. The Morgan fingerprint density at radius 3 is 2.56 bits per heavy atom. The predicted molar refractivity (Wildman–Crippen MR) is 69.8 cm³/mol. The Bertz CT molecular complexity index is 538. The number of nitrogens with one attached hydrogen (secondary N) is 3. The number of amides is 2. The number of carbonyl (C=O) groups is 2. The first kappa shape index (κ1) is 12.7. The molecule has 2 amide bonds. The van der Waals surface area contributed by atoms with Crippen molar-refractivity contribution in [2.24, 2.45) is 0 Å². The highest BCUT2D eigenvalue weighted by atomic mass is 35.5. The third-order valence-electron chi connectivity index (χ3n) is 2.15. The summed E-state index contributed by atoms with van der Waals surface area (Å²) in [5, 5.41) is 0.431. The third kappa shape index (κ3) is 2.91. The molecule has 2 heterocycles. The van der Waals surface area contributed by atoms with Gasteiger partial charge in [0.25, 0.3) is 11.8 Å². The van der Waals surface area contributed by atoms with E-state index in [0.29, 0.717) is 9.90 Å². The Balaban J connectivity index is 1.92. The van der Waals surface area contributed by atoms with Crippen molar-refractivity contribution in [2.75, 3.05) is 0 Å². The van der Waals surface area contributed by atoms with Crippen LogP contribution in [0, 0.1) is 6.92 Å². The van der Waals surface area contributed by atoms with Crippen molar-refractivity contribution >= 4 is 34.8 Å². The van der Waals surface area contributed by atoms with Crippen LogP contribution in [0.4, 0.5) is 0 Å². The number of thiophene rings is 1. The van der Waals surface area contributed by atoms with E-state index in [4.69, 9.17) is 11.6 Å². The normalized spacial score (nSPS) is 10.1. The number of hydrogen-bond donors (Lipinski definition) is 3. The first-order valence-corrected chi connectivity index (χ1v) is 6.27. The number of carbonyl (C=O) groups excluding carboxylic acids is 2. The van der Waals surface area contributed by atoms with Gasteiger partial charge in [-0.05, 0) is 25.1 Å². The summed E-state index contributed by atoms with van der Waals surface area (Å²) in [6.45, 7) is 1.90. The average molecular weight is 284 g/mol. The summed E-state index contributed by atoms with van der Waals surface area (Å²) < 4.78 is 0. The molecule has 0 aliphatic rings. The molecule has 0 radical (unpaired) electrons. The smallest absolute Gasteiger partial charge is 0.286 e. The van der Waals surface area contributed by atoms with Crippen molar-refractivity contribution in [1.29, 1.82) is 0 Å². The van der Waals surface area contributed by atoms with Crippen LogP contribution in [0.5, 0.6) is 0 Å². The van der Waals surface area contributed by atoms with E-state index < -0.39 is 5.91 Å². The molecule has 18 heavy (non-hydrogen) atoms. The van der Waals surface area contributed by atoms with Gasteiger partial charge < -0.3 is 4.98 Å². The zero-order valence-electron chi connectivity index (χ0n) is 9.41. The molecule has 0 aliphatic heterocycles. The minimum atomic E-state index is -0.455. The van der Waals surface area contributed by atoms with Crippen molar-refractivity contribution in [3.05, 3.63) is 44.9 Å². The highest BCUT2D eigenvalue weighted by molar-refractivity contribution is 7.13. The Labute approximate surface area is 112 Å². The van der Waals surface area contributed by atoms with Crippen LogP contribution in [-0.4, -0.2) is 16.8 Å². The molecule has 2 aromatic heterocycles. The van der Waals surface area contributed by atoms with Crippen LogP contribution in [0.3, 0.4) is 0 Å². The lowest BCUT2D eigenvalue weighted by molar-refractivity contribution is 0.0846. The van der Waals surface area contributed by atoms with Crippen LogP contribution in [0.25, 0.3) is 0 Å². The molecule has 3 N–H and O–H groups in total. The maximum atomic E-state index is 11.6.